The average molecular weight is 794 g/mol. The number of allylic oxidation sites excluding steroid dienone is 16. The third-order valence-electron chi connectivity index (χ3n) is 8.97. The molecular formula is C49H79NO7. The molecule has 0 aliphatic heterocycles. The van der Waals surface area contributed by atoms with Crippen molar-refractivity contribution in [1.82, 2.24) is 0 Å². The predicted octanol–water partition coefficient (Wildman–Crippen LogP) is 10.6. The van der Waals surface area contributed by atoms with Crippen LogP contribution in [0.4, 0.5) is 0 Å². The molecule has 8 heteroatoms. The molecule has 0 N–H and O–H groups in total. The summed E-state index contributed by atoms with van der Waals surface area (Å²) >= 11 is 0. The van der Waals surface area contributed by atoms with Crippen LogP contribution in [0.25, 0.3) is 0 Å². The molecule has 8 nitrogen and oxygen atoms in total. The van der Waals surface area contributed by atoms with Gasteiger partial charge in [-0.1, -0.05) is 143 Å². The lowest BCUT2D eigenvalue weighted by Crippen LogP contribution is -2.55. The van der Waals surface area contributed by atoms with Gasteiger partial charge in [-0.15, -0.1) is 0 Å². The number of carboxylic acids is 1. The highest BCUT2D eigenvalue weighted by Gasteiger charge is 2.25. The predicted molar refractivity (Wildman–Crippen MR) is 235 cm³/mol. The second kappa shape index (κ2) is 39.1. The molecule has 0 rings (SSSR count). The normalized spacial score (nSPS) is 13.9. The quantitative estimate of drug-likeness (QED) is 0.0267. The number of aliphatic carboxylic acids is 1. The van der Waals surface area contributed by atoms with E-state index in [-0.39, 0.29) is 43.1 Å². The SMILES string of the molecule is CC/C=C\C/C=C\C/C=C\C/C=C\C/C=C\C/C=C\CCC(=O)OC(COCCC(C(=O)[O-])[N+](C)(C)C)COC(=O)CCCCCCC/C=C\C/C=C\CCCC. The first-order valence-corrected chi connectivity index (χ1v) is 21.8. The standard InChI is InChI=1S/C49H79NO7/c1-6-8-10-12-14-16-18-20-22-23-24-25-26-28-30-32-34-36-38-40-48(52)57-45(43-55-42-41-46(49(53)54)50(3,4)5)44-56-47(51)39-37-35-33-31-29-27-21-19-17-15-13-11-9-7-2/h8,10,13-16,19-22,24-25,28,30,34,36,45-46H,6-7,9,11-12,17-18,23,26-27,29,31-33,35,37-44H2,1-5H3/b10-8-,15-13-,16-14-,21-19-,22-20-,25-24-,30-28-,36-34-. The van der Waals surface area contributed by atoms with Gasteiger partial charge in [0.2, 0.25) is 0 Å². The van der Waals surface area contributed by atoms with Crippen molar-refractivity contribution in [3.8, 4) is 0 Å². The number of nitrogens with zero attached hydrogens (tertiary/aromatic N) is 1. The molecule has 0 fully saturated rings. The van der Waals surface area contributed by atoms with E-state index in [1.165, 1.54) is 19.3 Å². The van der Waals surface area contributed by atoms with Crippen LogP contribution < -0.4 is 5.11 Å². The van der Waals surface area contributed by atoms with Crippen LogP contribution in [0.15, 0.2) is 97.2 Å². The minimum absolute atomic E-state index is 0.000563. The lowest BCUT2D eigenvalue weighted by molar-refractivity contribution is -0.889. The number of rotatable bonds is 37. The lowest BCUT2D eigenvalue weighted by Gasteiger charge is -2.34. The van der Waals surface area contributed by atoms with Gasteiger partial charge in [-0.25, -0.2) is 0 Å². The Morgan fingerprint density at radius 1 is 0.544 bits per heavy atom. The maximum Gasteiger partial charge on any atom is 0.306 e. The van der Waals surface area contributed by atoms with Crippen molar-refractivity contribution < 1.29 is 38.2 Å². The topological polar surface area (TPSA) is 102 Å². The van der Waals surface area contributed by atoms with E-state index in [2.05, 4.69) is 98.9 Å². The number of likely N-dealkylation sites (N-methyl/N-ethyl adjacent to an activating group) is 1. The fourth-order valence-corrected chi connectivity index (χ4v) is 5.58. The Morgan fingerprint density at radius 3 is 1.53 bits per heavy atom. The summed E-state index contributed by atoms with van der Waals surface area (Å²) in [5, 5.41) is 11.6. The van der Waals surface area contributed by atoms with E-state index in [4.69, 9.17) is 14.2 Å². The summed E-state index contributed by atoms with van der Waals surface area (Å²) in [7, 11) is 5.36. The van der Waals surface area contributed by atoms with Gasteiger partial charge in [0.25, 0.3) is 0 Å². The zero-order chi connectivity index (χ0) is 42.1. The highest BCUT2D eigenvalue weighted by Crippen LogP contribution is 2.11. The van der Waals surface area contributed by atoms with E-state index >= 15 is 0 Å². The Morgan fingerprint density at radius 2 is 1.02 bits per heavy atom. The second-order valence-corrected chi connectivity index (χ2v) is 15.2. The number of quaternary nitrogens is 1. The maximum atomic E-state index is 12.7. The molecule has 2 unspecified atom stereocenters. The minimum Gasteiger partial charge on any atom is -0.544 e. The fourth-order valence-electron chi connectivity index (χ4n) is 5.58. The number of carboxylic acid groups (broad SMARTS) is 1. The van der Waals surface area contributed by atoms with Gasteiger partial charge in [0, 0.05) is 19.3 Å². The van der Waals surface area contributed by atoms with Crippen molar-refractivity contribution in [2.45, 2.75) is 154 Å². The van der Waals surface area contributed by atoms with Gasteiger partial charge in [-0.05, 0) is 77.0 Å². The fraction of sp³-hybridized carbons (Fsp3) is 0.612. The number of hydrogen-bond acceptors (Lipinski definition) is 7. The molecular weight excluding hydrogens is 715 g/mol. The maximum absolute atomic E-state index is 12.7. The van der Waals surface area contributed by atoms with Gasteiger partial charge >= 0.3 is 11.9 Å². The molecule has 57 heavy (non-hydrogen) atoms. The van der Waals surface area contributed by atoms with Crippen LogP contribution >= 0.6 is 0 Å². The molecule has 0 heterocycles. The Bertz CT molecular complexity index is 1250. The number of ether oxygens (including phenoxy) is 3. The molecule has 0 aliphatic carbocycles. The van der Waals surface area contributed by atoms with Crippen molar-refractivity contribution >= 4 is 17.9 Å². The summed E-state index contributed by atoms with van der Waals surface area (Å²) in [6.07, 6.45) is 51.6. The van der Waals surface area contributed by atoms with Gasteiger partial charge in [0.1, 0.15) is 12.6 Å². The largest absolute Gasteiger partial charge is 0.544 e. The van der Waals surface area contributed by atoms with Gasteiger partial charge < -0.3 is 28.6 Å². The number of carbonyl (C=O) groups is 3. The average Bonchev–Trinajstić information content (AvgIpc) is 3.17. The van der Waals surface area contributed by atoms with Gasteiger partial charge in [0.05, 0.1) is 40.3 Å². The van der Waals surface area contributed by atoms with Crippen molar-refractivity contribution in [2.24, 2.45) is 0 Å². The summed E-state index contributed by atoms with van der Waals surface area (Å²) < 4.78 is 17.0. The molecule has 0 radical (unpaired) electrons. The van der Waals surface area contributed by atoms with Crippen LogP contribution in [0, 0.1) is 0 Å². The van der Waals surface area contributed by atoms with E-state index in [9.17, 15) is 19.5 Å². The smallest absolute Gasteiger partial charge is 0.306 e. The Balaban J connectivity index is 4.53. The Hall–Kier alpha value is -3.75. The number of esters is 2. The summed E-state index contributed by atoms with van der Waals surface area (Å²) in [5.74, 6) is -1.88. The molecule has 322 valence electrons. The van der Waals surface area contributed by atoms with Crippen LogP contribution in [-0.4, -0.2) is 75.5 Å². The minimum atomic E-state index is -1.14. The first-order valence-electron chi connectivity index (χ1n) is 21.8. The Kier molecular flexibility index (Phi) is 36.5. The first-order chi connectivity index (χ1) is 27.6. The van der Waals surface area contributed by atoms with Gasteiger partial charge in [0.15, 0.2) is 6.10 Å². The summed E-state index contributed by atoms with van der Waals surface area (Å²) in [6, 6.07) is -0.746. The third kappa shape index (κ3) is 37.6. The highest BCUT2D eigenvalue weighted by atomic mass is 16.6. The zero-order valence-corrected chi connectivity index (χ0v) is 36.5. The molecule has 0 saturated heterocycles. The van der Waals surface area contributed by atoms with Crippen molar-refractivity contribution in [1.29, 1.82) is 0 Å². The third-order valence-corrected chi connectivity index (χ3v) is 8.97. The van der Waals surface area contributed by atoms with Crippen molar-refractivity contribution in [3.05, 3.63) is 97.2 Å². The second-order valence-electron chi connectivity index (χ2n) is 15.2. The van der Waals surface area contributed by atoms with Crippen molar-refractivity contribution in [3.63, 3.8) is 0 Å². The molecule has 2 atom stereocenters. The summed E-state index contributed by atoms with van der Waals surface area (Å²) in [5.41, 5.74) is 0. The molecule has 0 aromatic rings. The lowest BCUT2D eigenvalue weighted by atomic mass is 10.1. The van der Waals surface area contributed by atoms with Gasteiger partial charge in [-0.2, -0.15) is 0 Å². The molecule has 0 spiro atoms. The number of hydrogen-bond donors (Lipinski definition) is 0. The molecule has 0 saturated carbocycles. The van der Waals surface area contributed by atoms with Crippen LogP contribution in [0.5, 0.6) is 0 Å². The van der Waals surface area contributed by atoms with E-state index in [1.54, 1.807) is 21.1 Å². The van der Waals surface area contributed by atoms with Crippen LogP contribution in [-0.2, 0) is 28.6 Å². The van der Waals surface area contributed by atoms with Crippen LogP contribution in [0.1, 0.15) is 142 Å². The van der Waals surface area contributed by atoms with E-state index in [1.807, 2.05) is 12.2 Å². The Labute approximate surface area is 347 Å². The number of carbonyl (C=O) groups excluding carboxylic acids is 3. The van der Waals surface area contributed by atoms with E-state index < -0.39 is 24.1 Å². The summed E-state index contributed by atoms with van der Waals surface area (Å²) in [6.45, 7) is 4.38. The molecule has 0 bridgehead atoms. The van der Waals surface area contributed by atoms with Crippen molar-refractivity contribution in [2.75, 3.05) is 41.0 Å². The van der Waals surface area contributed by atoms with Crippen LogP contribution in [0.3, 0.4) is 0 Å². The highest BCUT2D eigenvalue weighted by molar-refractivity contribution is 5.70. The van der Waals surface area contributed by atoms with Crippen LogP contribution in [0.2, 0.25) is 0 Å². The van der Waals surface area contributed by atoms with Gasteiger partial charge in [-0.3, -0.25) is 9.59 Å². The number of unbranched alkanes of at least 4 members (excludes halogenated alkanes) is 7. The molecule has 0 aromatic heterocycles. The van der Waals surface area contributed by atoms with E-state index in [0.29, 0.717) is 12.8 Å². The molecule has 0 aliphatic rings. The molecule has 0 aromatic carbocycles. The monoisotopic (exact) mass is 794 g/mol. The zero-order valence-electron chi connectivity index (χ0n) is 36.5. The molecule has 0 amide bonds. The summed E-state index contributed by atoms with van der Waals surface area (Å²) in [4.78, 5) is 36.8. The van der Waals surface area contributed by atoms with E-state index in [0.717, 1.165) is 83.5 Å². The first kappa shape index (κ1) is 53.2.